The molecule has 8 heteroatoms. The monoisotopic (exact) mass is 442 g/mol. The van der Waals surface area contributed by atoms with Crippen LogP contribution in [0.2, 0.25) is 0 Å². The first-order valence-electron chi connectivity index (χ1n) is 9.53. The number of hydrogen-bond donors (Lipinski definition) is 2. The van der Waals surface area contributed by atoms with Crippen LogP contribution in [0.5, 0.6) is 5.75 Å². The highest BCUT2D eigenvalue weighted by Crippen LogP contribution is 2.24. The van der Waals surface area contributed by atoms with Gasteiger partial charge in [-0.05, 0) is 67.8 Å². The van der Waals surface area contributed by atoms with Crippen LogP contribution in [0.4, 0.5) is 15.8 Å². The highest BCUT2D eigenvalue weighted by molar-refractivity contribution is 7.92. The van der Waals surface area contributed by atoms with Gasteiger partial charge in [-0.1, -0.05) is 30.3 Å². The number of halogens is 1. The van der Waals surface area contributed by atoms with Gasteiger partial charge in [0.05, 0.1) is 10.6 Å². The van der Waals surface area contributed by atoms with E-state index in [0.717, 1.165) is 17.2 Å². The Labute approximate surface area is 181 Å². The average Bonchev–Trinajstić information content (AvgIpc) is 2.71. The maximum Gasteiger partial charge on any atom is 0.262 e. The number of carbonyl (C=O) groups excluding carboxylic acids is 1. The first kappa shape index (κ1) is 22.3. The summed E-state index contributed by atoms with van der Waals surface area (Å²) in [5.41, 5.74) is 2.50. The van der Waals surface area contributed by atoms with Crippen molar-refractivity contribution in [3.05, 3.63) is 83.2 Å². The first-order chi connectivity index (χ1) is 14.7. The molecule has 6 nitrogen and oxygen atoms in total. The topological polar surface area (TPSA) is 84.5 Å². The second kappa shape index (κ2) is 9.18. The van der Waals surface area contributed by atoms with E-state index in [0.29, 0.717) is 11.3 Å². The number of sulfonamides is 1. The minimum Gasteiger partial charge on any atom is -0.483 e. The lowest BCUT2D eigenvalue weighted by Gasteiger charge is -2.14. The van der Waals surface area contributed by atoms with Crippen molar-refractivity contribution in [3.63, 3.8) is 0 Å². The van der Waals surface area contributed by atoms with Gasteiger partial charge in [0.2, 0.25) is 0 Å². The van der Waals surface area contributed by atoms with Crippen molar-refractivity contribution >= 4 is 27.3 Å². The van der Waals surface area contributed by atoms with Crippen molar-refractivity contribution in [1.29, 1.82) is 0 Å². The highest BCUT2D eigenvalue weighted by Gasteiger charge is 2.19. The van der Waals surface area contributed by atoms with E-state index in [1.165, 1.54) is 24.3 Å². The molecule has 0 saturated heterocycles. The standard InChI is InChI=1S/C23H23FN2O4S/c1-15-8-9-16(2)21(12-15)30-14-23(27)25-18-11-10-17(3)22(13-18)31(28,29)26-20-7-5-4-6-19(20)24/h4-13,26H,14H2,1-3H3,(H,25,27). The van der Waals surface area contributed by atoms with Gasteiger partial charge in [-0.25, -0.2) is 12.8 Å². The summed E-state index contributed by atoms with van der Waals surface area (Å²) in [6.45, 7) is 5.20. The van der Waals surface area contributed by atoms with Gasteiger partial charge in [-0.2, -0.15) is 0 Å². The molecule has 0 spiro atoms. The van der Waals surface area contributed by atoms with Gasteiger partial charge >= 0.3 is 0 Å². The van der Waals surface area contributed by atoms with Crippen LogP contribution in [0.3, 0.4) is 0 Å². The third-order valence-electron chi connectivity index (χ3n) is 4.58. The number of para-hydroxylation sites is 1. The van der Waals surface area contributed by atoms with Crippen LogP contribution in [-0.4, -0.2) is 20.9 Å². The fraction of sp³-hybridized carbons (Fsp3) is 0.174. The summed E-state index contributed by atoms with van der Waals surface area (Å²) in [5, 5.41) is 2.63. The Morgan fingerprint density at radius 3 is 2.42 bits per heavy atom. The number of rotatable bonds is 7. The molecule has 2 N–H and O–H groups in total. The normalized spacial score (nSPS) is 11.1. The van der Waals surface area contributed by atoms with Gasteiger partial charge in [0.15, 0.2) is 6.61 Å². The first-order valence-corrected chi connectivity index (χ1v) is 11.0. The highest BCUT2D eigenvalue weighted by atomic mass is 32.2. The Kier molecular flexibility index (Phi) is 6.60. The van der Waals surface area contributed by atoms with Crippen LogP contribution in [0.25, 0.3) is 0 Å². The fourth-order valence-corrected chi connectivity index (χ4v) is 4.25. The van der Waals surface area contributed by atoms with Gasteiger partial charge in [0.1, 0.15) is 11.6 Å². The molecule has 0 unspecified atom stereocenters. The third kappa shape index (κ3) is 5.61. The number of aryl methyl sites for hydroxylation is 3. The second-order valence-corrected chi connectivity index (χ2v) is 8.82. The molecule has 0 saturated carbocycles. The zero-order chi connectivity index (χ0) is 22.6. The molecule has 0 atom stereocenters. The van der Waals surface area contributed by atoms with Crippen molar-refractivity contribution in [2.45, 2.75) is 25.7 Å². The minimum absolute atomic E-state index is 0.0657. The summed E-state index contributed by atoms with van der Waals surface area (Å²) in [5.74, 6) is -0.511. The number of ether oxygens (including phenoxy) is 1. The van der Waals surface area contributed by atoms with Crippen LogP contribution in [-0.2, 0) is 14.8 Å². The second-order valence-electron chi connectivity index (χ2n) is 7.17. The van der Waals surface area contributed by atoms with Gasteiger partial charge in [0, 0.05) is 5.69 Å². The molecule has 0 heterocycles. The van der Waals surface area contributed by atoms with E-state index < -0.39 is 21.7 Å². The van der Waals surface area contributed by atoms with E-state index in [1.807, 2.05) is 32.0 Å². The molecule has 0 bridgehead atoms. The Morgan fingerprint density at radius 1 is 0.968 bits per heavy atom. The lowest BCUT2D eigenvalue weighted by molar-refractivity contribution is -0.118. The van der Waals surface area contributed by atoms with Gasteiger partial charge < -0.3 is 10.1 Å². The van der Waals surface area contributed by atoms with E-state index >= 15 is 0 Å². The molecule has 3 rings (SSSR count). The summed E-state index contributed by atoms with van der Waals surface area (Å²) in [7, 11) is -4.06. The van der Waals surface area contributed by atoms with Gasteiger partial charge in [-0.3, -0.25) is 9.52 Å². The lowest BCUT2D eigenvalue weighted by atomic mass is 10.1. The molecular formula is C23H23FN2O4S. The molecule has 3 aromatic rings. The summed E-state index contributed by atoms with van der Waals surface area (Å²) < 4.78 is 47.2. The fourth-order valence-electron chi connectivity index (χ4n) is 2.91. The Balaban J connectivity index is 1.73. The van der Waals surface area contributed by atoms with Crippen molar-refractivity contribution in [2.75, 3.05) is 16.6 Å². The molecule has 0 aliphatic carbocycles. The van der Waals surface area contributed by atoms with Crippen molar-refractivity contribution in [2.24, 2.45) is 0 Å². The Morgan fingerprint density at radius 2 is 1.68 bits per heavy atom. The number of nitrogens with one attached hydrogen (secondary N) is 2. The largest absolute Gasteiger partial charge is 0.483 e. The van der Waals surface area contributed by atoms with Gasteiger partial charge in [-0.15, -0.1) is 0 Å². The summed E-state index contributed by atoms with van der Waals surface area (Å²) in [6, 6.07) is 15.7. The van der Waals surface area contributed by atoms with Crippen LogP contribution < -0.4 is 14.8 Å². The molecule has 0 aliphatic rings. The predicted molar refractivity (Wildman–Crippen MR) is 118 cm³/mol. The Bertz CT molecular complexity index is 1230. The zero-order valence-electron chi connectivity index (χ0n) is 17.4. The van der Waals surface area contributed by atoms with E-state index in [9.17, 15) is 17.6 Å². The van der Waals surface area contributed by atoms with E-state index in [4.69, 9.17) is 4.74 Å². The number of amides is 1. The van der Waals surface area contributed by atoms with Crippen LogP contribution in [0.1, 0.15) is 16.7 Å². The smallest absolute Gasteiger partial charge is 0.262 e. The molecule has 0 aliphatic heterocycles. The molecule has 31 heavy (non-hydrogen) atoms. The molecule has 0 fully saturated rings. The number of anilines is 2. The molecule has 1 amide bonds. The number of hydrogen-bond acceptors (Lipinski definition) is 4. The van der Waals surface area contributed by atoms with Crippen LogP contribution in [0, 0.1) is 26.6 Å². The number of benzene rings is 3. The summed E-state index contributed by atoms with van der Waals surface area (Å²) in [4.78, 5) is 12.2. The maximum absolute atomic E-state index is 13.9. The quantitative estimate of drug-likeness (QED) is 0.561. The molecular weight excluding hydrogens is 419 g/mol. The summed E-state index contributed by atoms with van der Waals surface area (Å²) >= 11 is 0. The van der Waals surface area contributed by atoms with E-state index in [2.05, 4.69) is 10.0 Å². The van der Waals surface area contributed by atoms with Crippen LogP contribution in [0.15, 0.2) is 65.6 Å². The zero-order valence-corrected chi connectivity index (χ0v) is 18.2. The van der Waals surface area contributed by atoms with Gasteiger partial charge in [0.25, 0.3) is 15.9 Å². The SMILES string of the molecule is Cc1ccc(C)c(OCC(=O)Nc2ccc(C)c(S(=O)(=O)Nc3ccccc3F)c2)c1. The van der Waals surface area contributed by atoms with Crippen molar-refractivity contribution in [1.82, 2.24) is 0 Å². The number of carbonyl (C=O) groups is 1. The lowest BCUT2D eigenvalue weighted by Crippen LogP contribution is -2.21. The van der Waals surface area contributed by atoms with Crippen molar-refractivity contribution in [3.8, 4) is 5.75 Å². The minimum atomic E-state index is -4.06. The molecule has 0 radical (unpaired) electrons. The average molecular weight is 443 g/mol. The van der Waals surface area contributed by atoms with E-state index in [-0.39, 0.29) is 22.9 Å². The molecule has 0 aromatic heterocycles. The van der Waals surface area contributed by atoms with Crippen molar-refractivity contribution < 1.29 is 22.3 Å². The molecule has 3 aromatic carbocycles. The molecule has 162 valence electrons. The maximum atomic E-state index is 13.9. The van der Waals surface area contributed by atoms with E-state index in [1.54, 1.807) is 19.1 Å². The Hall–Kier alpha value is -3.39. The predicted octanol–water partition coefficient (Wildman–Crippen LogP) is 4.57. The summed E-state index contributed by atoms with van der Waals surface area (Å²) in [6.07, 6.45) is 0. The van der Waals surface area contributed by atoms with Crippen LogP contribution >= 0.6 is 0 Å². The third-order valence-corrected chi connectivity index (χ3v) is 6.09.